The topological polar surface area (TPSA) is 62.9 Å². The van der Waals surface area contributed by atoms with Gasteiger partial charge in [-0.05, 0) is 57.7 Å². The lowest BCUT2D eigenvalue weighted by molar-refractivity contribution is -0.374. The first-order valence-corrected chi connectivity index (χ1v) is 18.4. The lowest BCUT2D eigenvalue weighted by Gasteiger charge is -2.41. The molecule has 3 unspecified atom stereocenters. The van der Waals surface area contributed by atoms with Crippen molar-refractivity contribution in [2.75, 3.05) is 20.8 Å². The molecule has 0 radical (unpaired) electrons. The second kappa shape index (κ2) is 12.2. The summed E-state index contributed by atoms with van der Waals surface area (Å²) < 4.78 is 170. The fraction of sp³-hybridized carbons (Fsp3) is 1.00. The number of nitrogens with two attached hydrogens (primary N) is 1. The molecule has 218 valence electrons. The van der Waals surface area contributed by atoms with Gasteiger partial charge in [-0.15, -0.1) is 0 Å². The van der Waals surface area contributed by atoms with E-state index in [1.54, 1.807) is 6.55 Å². The number of hydrogen-bond acceptors (Lipinski definition) is 5. The van der Waals surface area contributed by atoms with Crippen LogP contribution in [0.25, 0.3) is 0 Å². The van der Waals surface area contributed by atoms with Crippen LogP contribution >= 0.6 is 0 Å². The van der Waals surface area contributed by atoms with Crippen molar-refractivity contribution in [1.82, 2.24) is 0 Å². The first-order chi connectivity index (χ1) is 15.9. The number of hydrogen-bond donors (Lipinski definition) is 1. The Labute approximate surface area is 205 Å². The van der Waals surface area contributed by atoms with E-state index in [9.17, 15) is 48.3 Å². The van der Waals surface area contributed by atoms with Crippen LogP contribution in [0.5, 0.6) is 0 Å². The Kier molecular flexibility index (Phi) is 12.1. The van der Waals surface area contributed by atoms with Crippen molar-refractivity contribution in [2.24, 2.45) is 11.7 Å². The molecule has 0 fully saturated rings. The molecule has 0 rings (SSSR count). The largest absolute Gasteiger partial charge is 0.415 e. The highest BCUT2D eigenvalue weighted by Gasteiger charge is 2.80. The van der Waals surface area contributed by atoms with Gasteiger partial charge in [0, 0.05) is 14.2 Å². The summed E-state index contributed by atoms with van der Waals surface area (Å²) in [6, 6.07) is -0.603. The van der Waals surface area contributed by atoms with Crippen LogP contribution in [0.4, 0.5) is 48.3 Å². The molecular formula is C17H32F11NO4Si3. The average Bonchev–Trinajstić information content (AvgIpc) is 2.69. The van der Waals surface area contributed by atoms with Gasteiger partial charge < -0.3 is 22.8 Å². The molecule has 0 aromatic carbocycles. The van der Waals surface area contributed by atoms with E-state index < -0.39 is 74.4 Å². The SMILES string of the molecule is CO[Si](C)(CCCN)O[Si](C)(C)O[Si](C)(CCC(C(F)(F)F)C(F)(F)C(F)(F)C(F)(F)C(F)F)OC. The predicted octanol–water partition coefficient (Wildman–Crippen LogP) is 6.25. The average molecular weight is 608 g/mol. The van der Waals surface area contributed by atoms with Gasteiger partial charge in [-0.2, -0.15) is 39.5 Å². The summed E-state index contributed by atoms with van der Waals surface area (Å²) in [5.41, 5.74) is 5.47. The minimum atomic E-state index is -7.01. The molecule has 0 amide bonds. The van der Waals surface area contributed by atoms with E-state index in [-0.39, 0.29) is 0 Å². The van der Waals surface area contributed by atoms with E-state index in [0.29, 0.717) is 19.0 Å². The van der Waals surface area contributed by atoms with Gasteiger partial charge in [0.25, 0.3) is 0 Å². The van der Waals surface area contributed by atoms with E-state index in [2.05, 4.69) is 0 Å². The maximum atomic E-state index is 14.2. The molecular weight excluding hydrogens is 575 g/mol. The highest BCUT2D eigenvalue weighted by Crippen LogP contribution is 2.56. The Morgan fingerprint density at radius 2 is 1.14 bits per heavy atom. The van der Waals surface area contributed by atoms with Crippen molar-refractivity contribution in [1.29, 1.82) is 0 Å². The maximum Gasteiger partial charge on any atom is 0.397 e. The first-order valence-electron chi connectivity index (χ1n) is 10.6. The molecule has 0 aromatic rings. The molecule has 0 aliphatic carbocycles. The van der Waals surface area contributed by atoms with Crippen LogP contribution in [0, 0.1) is 5.92 Å². The van der Waals surface area contributed by atoms with Gasteiger partial charge in [-0.3, -0.25) is 0 Å². The fourth-order valence-electron chi connectivity index (χ4n) is 3.41. The summed E-state index contributed by atoms with van der Waals surface area (Å²) in [6.45, 7) is 6.06. The Morgan fingerprint density at radius 1 is 0.722 bits per heavy atom. The van der Waals surface area contributed by atoms with Crippen molar-refractivity contribution in [3.8, 4) is 0 Å². The molecule has 2 N–H and O–H groups in total. The van der Waals surface area contributed by atoms with Gasteiger partial charge in [0.05, 0.1) is 0 Å². The summed E-state index contributed by atoms with van der Waals surface area (Å²) in [7, 11) is -7.73. The number of rotatable bonds is 16. The summed E-state index contributed by atoms with van der Waals surface area (Å²) in [6.07, 6.45) is -12.8. The minimum absolute atomic E-state index is 0.310. The molecule has 0 aromatic heterocycles. The Bertz CT molecular complexity index is 703. The van der Waals surface area contributed by atoms with Crippen LogP contribution in [-0.4, -0.2) is 76.8 Å². The third-order valence-electron chi connectivity index (χ3n) is 5.45. The second-order valence-corrected chi connectivity index (χ2v) is 19.7. The van der Waals surface area contributed by atoms with Gasteiger partial charge >= 0.3 is 56.1 Å². The normalized spacial score (nSPS) is 18.8. The van der Waals surface area contributed by atoms with E-state index >= 15 is 0 Å². The standard InChI is InChI=1S/C17H32F11NO4Si3/c1-30-35(5,10-7-9-29)32-34(3,4)33-36(6,31-2)11-8-12(16(24,25)26)14(20,21)17(27,28)15(22,23)13(18)19/h12-13H,7-11,29H2,1-6H3. The highest BCUT2D eigenvalue weighted by atomic mass is 28.5. The summed E-state index contributed by atoms with van der Waals surface area (Å²) >= 11 is 0. The van der Waals surface area contributed by atoms with Crippen molar-refractivity contribution in [3.05, 3.63) is 0 Å². The quantitative estimate of drug-likeness (QED) is 0.166. The Morgan fingerprint density at radius 3 is 1.47 bits per heavy atom. The van der Waals surface area contributed by atoms with Gasteiger partial charge in [-0.1, -0.05) is 0 Å². The van der Waals surface area contributed by atoms with Crippen LogP contribution < -0.4 is 5.73 Å². The molecule has 0 bridgehead atoms. The van der Waals surface area contributed by atoms with Crippen LogP contribution in [0.15, 0.2) is 0 Å². The van der Waals surface area contributed by atoms with E-state index in [1.807, 2.05) is 0 Å². The fourth-order valence-corrected chi connectivity index (χ4v) is 15.8. The molecule has 0 saturated heterocycles. The van der Waals surface area contributed by atoms with Gasteiger partial charge in [-0.25, -0.2) is 8.78 Å². The molecule has 3 atom stereocenters. The molecule has 0 aliphatic rings. The highest BCUT2D eigenvalue weighted by molar-refractivity contribution is 6.85. The minimum Gasteiger partial charge on any atom is -0.415 e. The van der Waals surface area contributed by atoms with Crippen molar-refractivity contribution >= 4 is 25.7 Å². The smallest absolute Gasteiger partial charge is 0.397 e. The summed E-state index contributed by atoms with van der Waals surface area (Å²) in [4.78, 5) is 0. The third-order valence-corrected chi connectivity index (χ3v) is 17.0. The van der Waals surface area contributed by atoms with Gasteiger partial charge in [0.2, 0.25) is 0 Å². The molecule has 0 saturated carbocycles. The van der Waals surface area contributed by atoms with Crippen LogP contribution in [0.2, 0.25) is 38.3 Å². The zero-order chi connectivity index (χ0) is 29.0. The summed E-state index contributed by atoms with van der Waals surface area (Å²) in [5, 5.41) is 0. The van der Waals surface area contributed by atoms with Crippen molar-refractivity contribution < 1.29 is 65.4 Å². The van der Waals surface area contributed by atoms with Crippen molar-refractivity contribution in [3.63, 3.8) is 0 Å². The molecule has 19 heteroatoms. The maximum absolute atomic E-state index is 14.2. The van der Waals surface area contributed by atoms with E-state index in [0.717, 1.165) is 13.7 Å². The first kappa shape index (κ1) is 35.7. The van der Waals surface area contributed by atoms with Crippen LogP contribution in [0.3, 0.4) is 0 Å². The lowest BCUT2D eigenvalue weighted by atomic mass is 9.89. The van der Waals surface area contributed by atoms with Gasteiger partial charge in [0.15, 0.2) is 0 Å². The molecule has 0 heterocycles. The van der Waals surface area contributed by atoms with Crippen LogP contribution in [0.1, 0.15) is 12.8 Å². The van der Waals surface area contributed by atoms with Crippen LogP contribution in [-0.2, 0) is 17.1 Å². The molecule has 0 aliphatic heterocycles. The number of alkyl halides is 11. The van der Waals surface area contributed by atoms with E-state index in [4.69, 9.17) is 22.8 Å². The second-order valence-electron chi connectivity index (χ2n) is 8.93. The molecule has 5 nitrogen and oxygen atoms in total. The zero-order valence-electron chi connectivity index (χ0n) is 20.6. The lowest BCUT2D eigenvalue weighted by Crippen LogP contribution is -2.62. The Balaban J connectivity index is 5.98. The van der Waals surface area contributed by atoms with Crippen molar-refractivity contribution in [2.45, 2.75) is 81.5 Å². The summed E-state index contributed by atoms with van der Waals surface area (Å²) in [5.74, 6) is -24.7. The molecule has 0 spiro atoms. The number of halogens is 11. The zero-order valence-corrected chi connectivity index (χ0v) is 23.6. The van der Waals surface area contributed by atoms with E-state index in [1.165, 1.54) is 20.2 Å². The third kappa shape index (κ3) is 8.60. The monoisotopic (exact) mass is 607 g/mol. The molecule has 36 heavy (non-hydrogen) atoms. The Hall–Kier alpha value is -0.319. The predicted molar refractivity (Wildman–Crippen MR) is 115 cm³/mol. The van der Waals surface area contributed by atoms with Gasteiger partial charge in [0.1, 0.15) is 5.92 Å².